The Hall–Kier alpha value is -0.540. The molecule has 0 unspecified atom stereocenters. The lowest BCUT2D eigenvalue weighted by molar-refractivity contribution is 0.585. The van der Waals surface area contributed by atoms with Crippen LogP contribution in [0.1, 0.15) is 26.3 Å². The molecule has 90 valence electrons. The first-order chi connectivity index (χ1) is 7.65. The third kappa shape index (κ3) is 4.14. The van der Waals surface area contributed by atoms with Gasteiger partial charge in [-0.05, 0) is 24.6 Å². The Kier molecular flexibility index (Phi) is 5.85. The summed E-state index contributed by atoms with van der Waals surface area (Å²) in [6.45, 7) is 7.86. The van der Waals surface area contributed by atoms with Crippen LogP contribution >= 0.6 is 11.8 Å². The van der Waals surface area contributed by atoms with Gasteiger partial charge in [0.25, 0.3) is 0 Å². The lowest BCUT2D eigenvalue weighted by Gasteiger charge is -2.11. The number of benzene rings is 1. The highest BCUT2D eigenvalue weighted by atomic mass is 32.2. The number of thioether (sulfide) groups is 1. The Bertz CT molecular complexity index is 326. The third-order valence-electron chi connectivity index (χ3n) is 2.20. The van der Waals surface area contributed by atoms with E-state index in [0.717, 1.165) is 22.8 Å². The minimum Gasteiger partial charge on any atom is -0.313 e. The molecule has 0 heterocycles. The zero-order valence-electron chi connectivity index (χ0n) is 10.2. The van der Waals surface area contributed by atoms with Crippen LogP contribution in [0, 0.1) is 11.7 Å². The van der Waals surface area contributed by atoms with E-state index in [1.54, 1.807) is 17.8 Å². The summed E-state index contributed by atoms with van der Waals surface area (Å²) >= 11 is 1.74. The van der Waals surface area contributed by atoms with Crippen LogP contribution in [0.3, 0.4) is 0 Å². The standard InChI is InChI=1S/C13H20FNS/c1-4-15-8-11-12(14)6-5-7-13(11)16-9-10(2)3/h5-7,10,15H,4,8-9H2,1-3H3. The molecule has 0 aliphatic rings. The molecule has 1 nitrogen and oxygen atoms in total. The molecule has 0 saturated heterocycles. The first-order valence-electron chi connectivity index (χ1n) is 5.76. The van der Waals surface area contributed by atoms with Crippen LogP contribution in [0.25, 0.3) is 0 Å². The predicted octanol–water partition coefficient (Wildman–Crippen LogP) is 3.68. The maximum atomic E-state index is 13.6. The van der Waals surface area contributed by atoms with Crippen molar-refractivity contribution in [3.8, 4) is 0 Å². The molecule has 16 heavy (non-hydrogen) atoms. The van der Waals surface area contributed by atoms with Gasteiger partial charge in [-0.25, -0.2) is 4.39 Å². The molecule has 0 spiro atoms. The number of hydrogen-bond donors (Lipinski definition) is 1. The quantitative estimate of drug-likeness (QED) is 0.762. The van der Waals surface area contributed by atoms with Gasteiger partial charge >= 0.3 is 0 Å². The molecule has 0 fully saturated rings. The molecule has 0 amide bonds. The highest BCUT2D eigenvalue weighted by Crippen LogP contribution is 2.26. The van der Waals surface area contributed by atoms with Crippen LogP contribution in [0.5, 0.6) is 0 Å². The zero-order chi connectivity index (χ0) is 12.0. The smallest absolute Gasteiger partial charge is 0.128 e. The molecule has 0 aromatic heterocycles. The van der Waals surface area contributed by atoms with E-state index in [4.69, 9.17) is 0 Å². The summed E-state index contributed by atoms with van der Waals surface area (Å²) in [6, 6.07) is 5.32. The monoisotopic (exact) mass is 241 g/mol. The molecule has 0 saturated carbocycles. The van der Waals surface area contributed by atoms with E-state index in [1.165, 1.54) is 6.07 Å². The van der Waals surface area contributed by atoms with Gasteiger partial charge in [0.15, 0.2) is 0 Å². The van der Waals surface area contributed by atoms with E-state index in [-0.39, 0.29) is 5.82 Å². The molecule has 0 aliphatic heterocycles. The van der Waals surface area contributed by atoms with Crippen molar-refractivity contribution in [2.75, 3.05) is 12.3 Å². The molecule has 1 rings (SSSR count). The fraction of sp³-hybridized carbons (Fsp3) is 0.538. The first kappa shape index (κ1) is 13.5. The Morgan fingerprint density at radius 2 is 2.12 bits per heavy atom. The number of halogens is 1. The van der Waals surface area contributed by atoms with Gasteiger partial charge in [0.2, 0.25) is 0 Å². The number of hydrogen-bond acceptors (Lipinski definition) is 2. The second kappa shape index (κ2) is 6.92. The van der Waals surface area contributed by atoms with Crippen LogP contribution in [0.4, 0.5) is 4.39 Å². The predicted molar refractivity (Wildman–Crippen MR) is 69.3 cm³/mol. The first-order valence-corrected chi connectivity index (χ1v) is 6.74. The van der Waals surface area contributed by atoms with Gasteiger partial charge in [-0.2, -0.15) is 0 Å². The van der Waals surface area contributed by atoms with Crippen molar-refractivity contribution in [1.82, 2.24) is 5.32 Å². The lowest BCUT2D eigenvalue weighted by Crippen LogP contribution is -2.14. The van der Waals surface area contributed by atoms with E-state index in [9.17, 15) is 4.39 Å². The van der Waals surface area contributed by atoms with Gasteiger partial charge in [0, 0.05) is 22.8 Å². The zero-order valence-corrected chi connectivity index (χ0v) is 11.0. The molecule has 0 radical (unpaired) electrons. The van der Waals surface area contributed by atoms with Crippen LogP contribution in [0.15, 0.2) is 23.1 Å². The molecule has 0 aliphatic carbocycles. The fourth-order valence-electron chi connectivity index (χ4n) is 1.35. The molecule has 0 bridgehead atoms. The van der Waals surface area contributed by atoms with Crippen molar-refractivity contribution in [3.63, 3.8) is 0 Å². The van der Waals surface area contributed by atoms with Crippen molar-refractivity contribution in [2.45, 2.75) is 32.2 Å². The largest absolute Gasteiger partial charge is 0.313 e. The van der Waals surface area contributed by atoms with Crippen LogP contribution in [0.2, 0.25) is 0 Å². The summed E-state index contributed by atoms with van der Waals surface area (Å²) < 4.78 is 13.6. The van der Waals surface area contributed by atoms with Gasteiger partial charge in [0.1, 0.15) is 5.82 Å². The Labute approximate surface area is 102 Å². The summed E-state index contributed by atoms with van der Waals surface area (Å²) in [6.07, 6.45) is 0. The SMILES string of the molecule is CCNCc1c(F)cccc1SCC(C)C. The fourth-order valence-corrected chi connectivity index (χ4v) is 2.38. The van der Waals surface area contributed by atoms with E-state index < -0.39 is 0 Å². The molecule has 3 heteroatoms. The number of rotatable bonds is 6. The lowest BCUT2D eigenvalue weighted by atomic mass is 10.2. The van der Waals surface area contributed by atoms with Gasteiger partial charge in [-0.3, -0.25) is 0 Å². The van der Waals surface area contributed by atoms with Crippen LogP contribution in [-0.4, -0.2) is 12.3 Å². The average Bonchev–Trinajstić information content (AvgIpc) is 2.25. The van der Waals surface area contributed by atoms with Crippen molar-refractivity contribution in [2.24, 2.45) is 5.92 Å². The minimum atomic E-state index is -0.102. The summed E-state index contributed by atoms with van der Waals surface area (Å²) in [5.41, 5.74) is 0.801. The minimum absolute atomic E-state index is 0.102. The summed E-state index contributed by atoms with van der Waals surface area (Å²) in [7, 11) is 0. The molecular weight excluding hydrogens is 221 g/mol. The topological polar surface area (TPSA) is 12.0 Å². The summed E-state index contributed by atoms with van der Waals surface area (Å²) in [4.78, 5) is 1.06. The van der Waals surface area contributed by atoms with Crippen LogP contribution in [-0.2, 0) is 6.54 Å². The molecule has 1 aromatic rings. The van der Waals surface area contributed by atoms with E-state index in [2.05, 4.69) is 19.2 Å². The van der Waals surface area contributed by atoms with Crippen molar-refractivity contribution < 1.29 is 4.39 Å². The van der Waals surface area contributed by atoms with Crippen LogP contribution < -0.4 is 5.32 Å². The number of nitrogens with one attached hydrogen (secondary N) is 1. The molecular formula is C13H20FNS. The second-order valence-corrected chi connectivity index (χ2v) is 5.26. The Balaban J connectivity index is 2.76. The maximum Gasteiger partial charge on any atom is 0.128 e. The van der Waals surface area contributed by atoms with Crippen molar-refractivity contribution in [3.05, 3.63) is 29.6 Å². The highest BCUT2D eigenvalue weighted by Gasteiger charge is 2.08. The highest BCUT2D eigenvalue weighted by molar-refractivity contribution is 7.99. The van der Waals surface area contributed by atoms with E-state index in [0.29, 0.717) is 12.5 Å². The Morgan fingerprint density at radius 3 is 2.75 bits per heavy atom. The molecule has 0 atom stereocenters. The summed E-state index contributed by atoms with van der Waals surface area (Å²) in [5, 5.41) is 3.18. The second-order valence-electron chi connectivity index (χ2n) is 4.20. The maximum absolute atomic E-state index is 13.6. The van der Waals surface area contributed by atoms with Gasteiger partial charge in [-0.1, -0.05) is 26.8 Å². The molecule has 1 aromatic carbocycles. The Morgan fingerprint density at radius 1 is 1.38 bits per heavy atom. The average molecular weight is 241 g/mol. The van der Waals surface area contributed by atoms with E-state index >= 15 is 0 Å². The summed E-state index contributed by atoms with van der Waals surface area (Å²) in [5.74, 6) is 1.55. The third-order valence-corrected chi connectivity index (χ3v) is 3.73. The van der Waals surface area contributed by atoms with Gasteiger partial charge < -0.3 is 5.32 Å². The van der Waals surface area contributed by atoms with Crippen molar-refractivity contribution in [1.29, 1.82) is 0 Å². The molecule has 1 N–H and O–H groups in total. The van der Waals surface area contributed by atoms with Crippen molar-refractivity contribution >= 4 is 11.8 Å². The normalized spacial score (nSPS) is 11.1. The van der Waals surface area contributed by atoms with Gasteiger partial charge in [0.05, 0.1) is 0 Å². The van der Waals surface area contributed by atoms with Gasteiger partial charge in [-0.15, -0.1) is 11.8 Å². The van der Waals surface area contributed by atoms with E-state index in [1.807, 2.05) is 13.0 Å².